The summed E-state index contributed by atoms with van der Waals surface area (Å²) < 4.78 is 0. The van der Waals surface area contributed by atoms with Gasteiger partial charge in [-0.3, -0.25) is 0 Å². The van der Waals surface area contributed by atoms with Gasteiger partial charge in [0.2, 0.25) is 0 Å². The fourth-order valence-corrected chi connectivity index (χ4v) is 3.48. The van der Waals surface area contributed by atoms with Gasteiger partial charge in [0.15, 0.2) is 0 Å². The maximum Gasteiger partial charge on any atom is 0.0309 e. The van der Waals surface area contributed by atoms with E-state index < -0.39 is 0 Å². The van der Waals surface area contributed by atoms with Crippen LogP contribution in [0.1, 0.15) is 44.9 Å². The van der Waals surface area contributed by atoms with Crippen LogP contribution in [0.4, 0.5) is 0 Å². The molecule has 3 aliphatic rings. The van der Waals surface area contributed by atoms with E-state index in [4.69, 9.17) is 0 Å². The zero-order valence-corrected chi connectivity index (χ0v) is 9.91. The smallest absolute Gasteiger partial charge is 0.0309 e. The molecular weight excluding hydrogens is 192 g/mol. The second-order valence-electron chi connectivity index (χ2n) is 5.24. The molecule has 0 heteroatoms. The second-order valence-corrected chi connectivity index (χ2v) is 5.24. The molecule has 0 radical (unpaired) electrons. The quantitative estimate of drug-likeness (QED) is 0.590. The Morgan fingerprint density at radius 2 is 1.69 bits per heavy atom. The maximum absolute atomic E-state index is 2.45. The molecule has 3 aliphatic carbocycles. The summed E-state index contributed by atoms with van der Waals surface area (Å²) >= 11 is 0. The predicted molar refractivity (Wildman–Crippen MR) is 69.2 cm³/mol. The monoisotopic (exact) mass is 212 g/mol. The molecule has 0 aromatic heterocycles. The summed E-state index contributed by atoms with van der Waals surface area (Å²) in [6.45, 7) is 0. The summed E-state index contributed by atoms with van der Waals surface area (Å²) in [6.07, 6.45) is 23.4. The first-order valence-corrected chi connectivity index (χ1v) is 6.67. The maximum atomic E-state index is 2.45. The number of hydrogen-bond acceptors (Lipinski definition) is 0. The average Bonchev–Trinajstić information content (AvgIpc) is 2.75. The van der Waals surface area contributed by atoms with E-state index in [0.717, 1.165) is 0 Å². The van der Waals surface area contributed by atoms with Gasteiger partial charge >= 0.3 is 0 Å². The molecule has 0 amide bonds. The van der Waals surface area contributed by atoms with Crippen LogP contribution in [-0.2, 0) is 0 Å². The van der Waals surface area contributed by atoms with E-state index in [0.29, 0.717) is 5.41 Å². The Labute approximate surface area is 98.4 Å². The molecule has 1 atom stereocenters. The molecule has 0 heterocycles. The van der Waals surface area contributed by atoms with Crippen molar-refractivity contribution < 1.29 is 0 Å². The topological polar surface area (TPSA) is 0 Å². The van der Waals surface area contributed by atoms with Gasteiger partial charge in [-0.2, -0.15) is 0 Å². The third-order valence-corrected chi connectivity index (χ3v) is 4.34. The predicted octanol–water partition coefficient (Wildman–Crippen LogP) is 4.71. The minimum Gasteiger partial charge on any atom is -0.0845 e. The van der Waals surface area contributed by atoms with Crippen molar-refractivity contribution in [1.82, 2.24) is 0 Å². The van der Waals surface area contributed by atoms with Crippen LogP contribution in [-0.4, -0.2) is 0 Å². The minimum absolute atomic E-state index is 0.349. The van der Waals surface area contributed by atoms with E-state index in [-0.39, 0.29) is 0 Å². The standard InChI is InChI=1S/C16H20/c1-2-4-8-14(9-5-3-1)16-12-6-10-15(16)11-7-13-16/h2,4,6,8,10,12H,1,3,5,7,9,11,13H2/b4-2-,14-8+. The lowest BCUT2D eigenvalue weighted by Crippen LogP contribution is -2.17. The van der Waals surface area contributed by atoms with Crippen molar-refractivity contribution in [2.75, 3.05) is 0 Å². The molecular formula is C16H20. The molecule has 0 nitrogen and oxygen atoms in total. The summed E-state index contributed by atoms with van der Waals surface area (Å²) in [5, 5.41) is 0. The van der Waals surface area contributed by atoms with E-state index in [1.54, 1.807) is 11.1 Å². The summed E-state index contributed by atoms with van der Waals surface area (Å²) in [7, 11) is 0. The van der Waals surface area contributed by atoms with Gasteiger partial charge in [0.05, 0.1) is 0 Å². The van der Waals surface area contributed by atoms with E-state index in [2.05, 4.69) is 36.5 Å². The van der Waals surface area contributed by atoms with Crippen LogP contribution < -0.4 is 0 Å². The Morgan fingerprint density at radius 1 is 0.875 bits per heavy atom. The highest BCUT2D eigenvalue weighted by Gasteiger charge is 2.40. The summed E-state index contributed by atoms with van der Waals surface area (Å²) in [5.41, 5.74) is 3.69. The van der Waals surface area contributed by atoms with Crippen LogP contribution in [0.2, 0.25) is 0 Å². The minimum atomic E-state index is 0.349. The fourth-order valence-electron chi connectivity index (χ4n) is 3.48. The van der Waals surface area contributed by atoms with Crippen LogP contribution in [0.25, 0.3) is 0 Å². The lowest BCUT2D eigenvalue weighted by Gasteiger charge is -2.29. The van der Waals surface area contributed by atoms with E-state index in [1.807, 2.05) is 0 Å². The Bertz CT molecular complexity index is 392. The van der Waals surface area contributed by atoms with Gasteiger partial charge in [0.25, 0.3) is 0 Å². The lowest BCUT2D eigenvalue weighted by molar-refractivity contribution is 0.531. The highest BCUT2D eigenvalue weighted by atomic mass is 14.4. The van der Waals surface area contributed by atoms with Crippen molar-refractivity contribution in [2.45, 2.75) is 44.9 Å². The van der Waals surface area contributed by atoms with Gasteiger partial charge in [0.1, 0.15) is 0 Å². The van der Waals surface area contributed by atoms with Crippen LogP contribution >= 0.6 is 0 Å². The Hall–Kier alpha value is -1.04. The molecule has 0 aromatic rings. The van der Waals surface area contributed by atoms with Crippen LogP contribution in [0.15, 0.2) is 47.6 Å². The number of hydrogen-bond donors (Lipinski definition) is 0. The molecule has 0 aromatic carbocycles. The molecule has 0 spiro atoms. The third kappa shape index (κ3) is 1.52. The molecule has 0 aliphatic heterocycles. The highest BCUT2D eigenvalue weighted by molar-refractivity contribution is 5.46. The Morgan fingerprint density at radius 3 is 2.62 bits per heavy atom. The molecule has 1 unspecified atom stereocenters. The lowest BCUT2D eigenvalue weighted by atomic mass is 9.75. The molecule has 84 valence electrons. The van der Waals surface area contributed by atoms with Gasteiger partial charge in [-0.05, 0) is 44.9 Å². The highest BCUT2D eigenvalue weighted by Crippen LogP contribution is 2.53. The first kappa shape index (κ1) is 10.1. The van der Waals surface area contributed by atoms with Crippen molar-refractivity contribution in [1.29, 1.82) is 0 Å². The first-order valence-electron chi connectivity index (χ1n) is 6.67. The van der Waals surface area contributed by atoms with Crippen LogP contribution in [0.3, 0.4) is 0 Å². The number of rotatable bonds is 1. The van der Waals surface area contributed by atoms with Gasteiger partial charge in [-0.15, -0.1) is 0 Å². The molecule has 0 N–H and O–H groups in total. The van der Waals surface area contributed by atoms with Crippen molar-refractivity contribution in [3.05, 3.63) is 47.6 Å². The van der Waals surface area contributed by atoms with Gasteiger partial charge in [-0.1, -0.05) is 47.6 Å². The van der Waals surface area contributed by atoms with Gasteiger partial charge in [-0.25, -0.2) is 0 Å². The number of allylic oxidation sites excluding steroid dienone is 8. The van der Waals surface area contributed by atoms with Crippen molar-refractivity contribution in [2.24, 2.45) is 5.41 Å². The largest absolute Gasteiger partial charge is 0.0845 e. The second kappa shape index (κ2) is 4.08. The zero-order chi connectivity index (χ0) is 10.8. The normalized spacial score (nSPS) is 38.2. The summed E-state index contributed by atoms with van der Waals surface area (Å²) in [5.74, 6) is 0. The van der Waals surface area contributed by atoms with Gasteiger partial charge in [0, 0.05) is 5.41 Å². The van der Waals surface area contributed by atoms with Crippen molar-refractivity contribution in [3.63, 3.8) is 0 Å². The van der Waals surface area contributed by atoms with Crippen molar-refractivity contribution in [3.8, 4) is 0 Å². The molecule has 3 rings (SSSR count). The first-order chi connectivity index (χ1) is 7.92. The Kier molecular flexibility index (Phi) is 2.59. The molecule has 0 saturated heterocycles. The molecule has 1 fully saturated rings. The van der Waals surface area contributed by atoms with E-state index in [1.165, 1.54) is 44.9 Å². The molecule has 0 bridgehead atoms. The Balaban J connectivity index is 1.96. The molecule has 1 saturated carbocycles. The summed E-state index contributed by atoms with van der Waals surface area (Å²) in [6, 6.07) is 0. The SMILES string of the molecule is C1=CC2(/C3=C/C=C\CCCC3)CCCC2=C1. The summed E-state index contributed by atoms with van der Waals surface area (Å²) in [4.78, 5) is 0. The average molecular weight is 212 g/mol. The van der Waals surface area contributed by atoms with Crippen molar-refractivity contribution >= 4 is 0 Å². The van der Waals surface area contributed by atoms with E-state index >= 15 is 0 Å². The fraction of sp³-hybridized carbons (Fsp3) is 0.500. The third-order valence-electron chi connectivity index (χ3n) is 4.34. The van der Waals surface area contributed by atoms with Crippen LogP contribution in [0.5, 0.6) is 0 Å². The zero-order valence-electron chi connectivity index (χ0n) is 9.91. The van der Waals surface area contributed by atoms with E-state index in [9.17, 15) is 0 Å². The van der Waals surface area contributed by atoms with Crippen LogP contribution in [0, 0.1) is 5.41 Å². The molecule has 16 heavy (non-hydrogen) atoms. The number of fused-ring (bicyclic) bond motifs is 1. The van der Waals surface area contributed by atoms with Gasteiger partial charge < -0.3 is 0 Å².